The Hall–Kier alpha value is -2.27. The first-order valence-corrected chi connectivity index (χ1v) is 9.41. The molecule has 1 fully saturated rings. The summed E-state index contributed by atoms with van der Waals surface area (Å²) in [4.78, 5) is 1.92. The Morgan fingerprint density at radius 1 is 1.00 bits per heavy atom. The van der Waals surface area contributed by atoms with Crippen LogP contribution in [0.3, 0.4) is 0 Å². The lowest BCUT2D eigenvalue weighted by Gasteiger charge is -2.34. The summed E-state index contributed by atoms with van der Waals surface area (Å²) in [5.41, 5.74) is 0.755. The molecular formula is C18H18FN3O2S. The van der Waals surface area contributed by atoms with E-state index in [4.69, 9.17) is 5.26 Å². The van der Waals surface area contributed by atoms with Crippen molar-refractivity contribution in [1.82, 2.24) is 9.21 Å². The second kappa shape index (κ2) is 7.31. The van der Waals surface area contributed by atoms with Crippen molar-refractivity contribution in [3.63, 3.8) is 0 Å². The van der Waals surface area contributed by atoms with E-state index in [0.29, 0.717) is 26.2 Å². The zero-order valence-corrected chi connectivity index (χ0v) is 14.4. The fraction of sp³-hybridized carbons (Fsp3) is 0.278. The number of benzene rings is 2. The highest BCUT2D eigenvalue weighted by Crippen LogP contribution is 2.23. The van der Waals surface area contributed by atoms with Crippen molar-refractivity contribution in [3.05, 3.63) is 65.5 Å². The van der Waals surface area contributed by atoms with E-state index < -0.39 is 21.4 Å². The van der Waals surface area contributed by atoms with Gasteiger partial charge in [-0.3, -0.25) is 4.90 Å². The molecule has 0 spiro atoms. The molecule has 0 aromatic heterocycles. The minimum Gasteiger partial charge on any atom is -0.296 e. The van der Waals surface area contributed by atoms with Gasteiger partial charge < -0.3 is 0 Å². The Labute approximate surface area is 147 Å². The molecule has 1 heterocycles. The molecule has 7 heteroatoms. The van der Waals surface area contributed by atoms with Crippen LogP contribution in [0.15, 0.2) is 53.4 Å². The van der Waals surface area contributed by atoms with Crippen LogP contribution in [0.5, 0.6) is 0 Å². The Bertz CT molecular complexity index is 886. The average Bonchev–Trinajstić information content (AvgIpc) is 2.63. The summed E-state index contributed by atoms with van der Waals surface area (Å²) in [5, 5.41) is 9.09. The van der Waals surface area contributed by atoms with Crippen LogP contribution in [0.1, 0.15) is 11.1 Å². The number of piperazine rings is 1. The van der Waals surface area contributed by atoms with E-state index in [0.717, 1.165) is 12.6 Å². The van der Waals surface area contributed by atoms with Gasteiger partial charge in [0.05, 0.1) is 0 Å². The number of nitriles is 1. The van der Waals surface area contributed by atoms with Gasteiger partial charge in [-0.05, 0) is 17.7 Å². The van der Waals surface area contributed by atoms with Gasteiger partial charge in [0.15, 0.2) is 0 Å². The molecule has 0 saturated carbocycles. The van der Waals surface area contributed by atoms with Crippen LogP contribution in [-0.2, 0) is 16.6 Å². The van der Waals surface area contributed by atoms with E-state index in [-0.39, 0.29) is 4.90 Å². The van der Waals surface area contributed by atoms with Crippen LogP contribution in [0.2, 0.25) is 0 Å². The maximum Gasteiger partial charge on any atom is 0.244 e. The molecule has 0 radical (unpaired) electrons. The number of nitrogens with zero attached hydrogens (tertiary/aromatic N) is 3. The normalized spacial score (nSPS) is 16.5. The van der Waals surface area contributed by atoms with Crippen LogP contribution in [0, 0.1) is 17.1 Å². The topological polar surface area (TPSA) is 64.4 Å². The molecule has 0 N–H and O–H groups in total. The minimum atomic E-state index is -3.88. The predicted octanol–water partition coefficient (Wildman–Crippen LogP) is 2.20. The summed E-state index contributed by atoms with van der Waals surface area (Å²) in [6, 6.07) is 15.3. The van der Waals surface area contributed by atoms with Gasteiger partial charge in [0, 0.05) is 32.7 Å². The van der Waals surface area contributed by atoms with Gasteiger partial charge >= 0.3 is 0 Å². The molecule has 0 amide bonds. The van der Waals surface area contributed by atoms with E-state index in [9.17, 15) is 12.8 Å². The van der Waals surface area contributed by atoms with Crippen molar-refractivity contribution in [3.8, 4) is 6.07 Å². The number of rotatable bonds is 4. The van der Waals surface area contributed by atoms with Gasteiger partial charge in [-0.2, -0.15) is 9.57 Å². The summed E-state index contributed by atoms with van der Waals surface area (Å²) in [6.45, 7) is 2.57. The zero-order chi connectivity index (χ0) is 17.9. The van der Waals surface area contributed by atoms with Crippen LogP contribution in [0.4, 0.5) is 4.39 Å². The fourth-order valence-corrected chi connectivity index (χ4v) is 4.51. The second-order valence-electron chi connectivity index (χ2n) is 5.89. The van der Waals surface area contributed by atoms with Crippen molar-refractivity contribution >= 4 is 10.0 Å². The van der Waals surface area contributed by atoms with Crippen molar-refractivity contribution in [2.75, 3.05) is 26.2 Å². The van der Waals surface area contributed by atoms with E-state index in [1.807, 2.05) is 30.3 Å². The number of hydrogen-bond acceptors (Lipinski definition) is 4. The summed E-state index contributed by atoms with van der Waals surface area (Å²) in [6.07, 6.45) is 0. The van der Waals surface area contributed by atoms with Crippen molar-refractivity contribution < 1.29 is 12.8 Å². The molecule has 0 atom stereocenters. The number of hydrogen-bond donors (Lipinski definition) is 0. The summed E-state index contributed by atoms with van der Waals surface area (Å²) >= 11 is 0. The molecule has 0 unspecified atom stereocenters. The number of sulfonamides is 1. The molecule has 1 aliphatic rings. The highest BCUT2D eigenvalue weighted by molar-refractivity contribution is 7.89. The van der Waals surface area contributed by atoms with Crippen molar-refractivity contribution in [1.29, 1.82) is 5.26 Å². The van der Waals surface area contributed by atoms with Gasteiger partial charge in [-0.15, -0.1) is 0 Å². The average molecular weight is 359 g/mol. The molecule has 0 bridgehead atoms. The lowest BCUT2D eigenvalue weighted by Crippen LogP contribution is -2.48. The maximum absolute atomic E-state index is 13.7. The smallest absolute Gasteiger partial charge is 0.244 e. The Morgan fingerprint density at radius 2 is 1.68 bits per heavy atom. The lowest BCUT2D eigenvalue weighted by molar-refractivity contribution is 0.181. The van der Waals surface area contributed by atoms with Gasteiger partial charge in [-0.25, -0.2) is 12.8 Å². The van der Waals surface area contributed by atoms with E-state index in [1.54, 1.807) is 6.07 Å². The first kappa shape index (κ1) is 17.5. The Kier molecular flexibility index (Phi) is 5.13. The molecular weight excluding hydrogens is 341 g/mol. The van der Waals surface area contributed by atoms with Crippen molar-refractivity contribution in [2.45, 2.75) is 11.4 Å². The van der Waals surface area contributed by atoms with E-state index in [1.165, 1.54) is 22.0 Å². The summed E-state index contributed by atoms with van der Waals surface area (Å²) in [5.74, 6) is -0.814. The molecule has 0 aliphatic carbocycles. The largest absolute Gasteiger partial charge is 0.296 e. The monoisotopic (exact) mass is 359 g/mol. The van der Waals surface area contributed by atoms with Crippen molar-refractivity contribution in [2.24, 2.45) is 0 Å². The summed E-state index contributed by atoms with van der Waals surface area (Å²) < 4.78 is 40.6. The molecule has 1 aliphatic heterocycles. The quantitative estimate of drug-likeness (QED) is 0.840. The Morgan fingerprint density at radius 3 is 2.32 bits per heavy atom. The van der Waals surface area contributed by atoms with Gasteiger partial charge in [0.25, 0.3) is 0 Å². The predicted molar refractivity (Wildman–Crippen MR) is 91.6 cm³/mol. The standard InChI is InChI=1S/C18H18FN3O2S/c19-17-7-4-8-18(16(17)13-20)25(23,24)22-11-9-21(10-12-22)14-15-5-2-1-3-6-15/h1-8H,9-12,14H2. The van der Waals surface area contributed by atoms with Crippen LogP contribution >= 0.6 is 0 Å². The SMILES string of the molecule is N#Cc1c(F)cccc1S(=O)(=O)N1CCN(Cc2ccccc2)CC1. The first-order chi connectivity index (χ1) is 12.0. The number of halogens is 1. The third-order valence-electron chi connectivity index (χ3n) is 4.29. The van der Waals surface area contributed by atoms with Crippen LogP contribution < -0.4 is 0 Å². The zero-order valence-electron chi connectivity index (χ0n) is 13.6. The highest BCUT2D eigenvalue weighted by Gasteiger charge is 2.31. The molecule has 130 valence electrons. The maximum atomic E-state index is 13.7. The molecule has 3 rings (SSSR count). The van der Waals surface area contributed by atoms with Crippen LogP contribution in [-0.4, -0.2) is 43.8 Å². The van der Waals surface area contributed by atoms with Gasteiger partial charge in [0.1, 0.15) is 22.3 Å². The molecule has 25 heavy (non-hydrogen) atoms. The van der Waals surface area contributed by atoms with Gasteiger partial charge in [-0.1, -0.05) is 36.4 Å². The highest BCUT2D eigenvalue weighted by atomic mass is 32.2. The molecule has 2 aromatic carbocycles. The van der Waals surface area contributed by atoms with Gasteiger partial charge in [0.2, 0.25) is 10.0 Å². The molecule has 1 saturated heterocycles. The lowest BCUT2D eigenvalue weighted by atomic mass is 10.2. The minimum absolute atomic E-state index is 0.258. The molecule has 2 aromatic rings. The Balaban J connectivity index is 1.72. The van der Waals surface area contributed by atoms with Crippen LogP contribution in [0.25, 0.3) is 0 Å². The first-order valence-electron chi connectivity index (χ1n) is 7.97. The second-order valence-corrected chi connectivity index (χ2v) is 7.80. The van der Waals surface area contributed by atoms with E-state index >= 15 is 0 Å². The molecule has 5 nitrogen and oxygen atoms in total. The third-order valence-corrected chi connectivity index (χ3v) is 6.23. The fourth-order valence-electron chi connectivity index (χ4n) is 2.94. The third kappa shape index (κ3) is 3.71. The summed E-state index contributed by atoms with van der Waals surface area (Å²) in [7, 11) is -3.88. The van der Waals surface area contributed by atoms with E-state index in [2.05, 4.69) is 4.90 Å².